The summed E-state index contributed by atoms with van der Waals surface area (Å²) in [7, 11) is 0. The molecule has 1 aliphatic heterocycles. The van der Waals surface area contributed by atoms with Crippen LogP contribution in [0.3, 0.4) is 0 Å². The largest absolute Gasteiger partial charge is 0.444 e. The second kappa shape index (κ2) is 8.88. The number of carbonyl (C=O) groups is 1. The number of alkyl carbamates (subject to hydrolysis) is 1. The van der Waals surface area contributed by atoms with Gasteiger partial charge in [-0.15, -0.1) is 0 Å². The molecular formula is C22H29FN4O4S. The maximum atomic E-state index is 13.9. The Morgan fingerprint density at radius 1 is 1.16 bits per heavy atom. The molecule has 1 aliphatic carbocycles. The van der Waals surface area contributed by atoms with Gasteiger partial charge < -0.3 is 10.1 Å². The van der Waals surface area contributed by atoms with E-state index in [-0.39, 0.29) is 34.8 Å². The molecule has 2 aromatic rings. The molecule has 1 saturated heterocycles. The summed E-state index contributed by atoms with van der Waals surface area (Å²) in [4.78, 5) is 42.9. The van der Waals surface area contributed by atoms with Gasteiger partial charge in [-0.2, -0.15) is 11.8 Å². The summed E-state index contributed by atoms with van der Waals surface area (Å²) in [5.41, 5.74) is -1.20. The zero-order valence-corrected chi connectivity index (χ0v) is 19.4. The first kappa shape index (κ1) is 22.8. The average molecular weight is 465 g/mol. The number of fused-ring (bicyclic) bond motifs is 1. The normalized spacial score (nSPS) is 23.9. The van der Waals surface area contributed by atoms with Crippen molar-refractivity contribution in [2.75, 3.05) is 11.5 Å². The molecule has 0 spiro atoms. The Bertz CT molecular complexity index is 1130. The highest BCUT2D eigenvalue weighted by atomic mass is 32.2. The van der Waals surface area contributed by atoms with Gasteiger partial charge in [-0.1, -0.05) is 0 Å². The van der Waals surface area contributed by atoms with Crippen molar-refractivity contribution < 1.29 is 13.9 Å². The van der Waals surface area contributed by atoms with Gasteiger partial charge in [0.05, 0.1) is 17.6 Å². The van der Waals surface area contributed by atoms with Gasteiger partial charge in [0.15, 0.2) is 0 Å². The van der Waals surface area contributed by atoms with E-state index in [2.05, 4.69) is 10.3 Å². The lowest BCUT2D eigenvalue weighted by molar-refractivity contribution is 0.0487. The summed E-state index contributed by atoms with van der Waals surface area (Å²) in [5.74, 6) is 1.09. The number of nitrogens with one attached hydrogen (secondary N) is 1. The van der Waals surface area contributed by atoms with E-state index in [1.54, 1.807) is 37.1 Å². The van der Waals surface area contributed by atoms with Crippen molar-refractivity contribution >= 4 is 28.9 Å². The van der Waals surface area contributed by atoms with Crippen LogP contribution in [0.2, 0.25) is 0 Å². The lowest BCUT2D eigenvalue weighted by Crippen LogP contribution is -2.46. The highest BCUT2D eigenvalue weighted by Gasteiger charge is 2.30. The van der Waals surface area contributed by atoms with Gasteiger partial charge in [-0.3, -0.25) is 13.9 Å². The van der Waals surface area contributed by atoms with Gasteiger partial charge in [0.25, 0.3) is 5.56 Å². The highest BCUT2D eigenvalue weighted by molar-refractivity contribution is 7.99. The smallest absolute Gasteiger partial charge is 0.407 e. The molecule has 3 heterocycles. The Hall–Kier alpha value is -2.36. The van der Waals surface area contributed by atoms with Gasteiger partial charge in [-0.05, 0) is 64.7 Å². The van der Waals surface area contributed by atoms with E-state index in [1.165, 1.54) is 10.6 Å². The van der Waals surface area contributed by atoms with Crippen LogP contribution < -0.4 is 16.6 Å². The molecule has 2 fully saturated rings. The molecule has 2 aliphatic rings. The topological polar surface area (TPSA) is 95.2 Å². The number of hydrogen-bond acceptors (Lipinski definition) is 6. The van der Waals surface area contributed by atoms with Crippen LogP contribution >= 0.6 is 11.8 Å². The van der Waals surface area contributed by atoms with E-state index in [4.69, 9.17) is 4.74 Å². The van der Waals surface area contributed by atoms with Crippen molar-refractivity contribution in [3.05, 3.63) is 38.9 Å². The summed E-state index contributed by atoms with van der Waals surface area (Å²) < 4.78 is 22.1. The van der Waals surface area contributed by atoms with E-state index in [9.17, 15) is 18.8 Å². The number of nitrogens with zero attached hydrogens (tertiary/aromatic N) is 3. The summed E-state index contributed by atoms with van der Waals surface area (Å²) >= 11 is 1.75. The first-order valence-electron chi connectivity index (χ1n) is 11.0. The van der Waals surface area contributed by atoms with Crippen LogP contribution in [0.5, 0.6) is 0 Å². The minimum atomic E-state index is -0.600. The molecule has 1 atom stereocenters. The molecule has 1 amide bonds. The van der Waals surface area contributed by atoms with Crippen LogP contribution in [-0.2, 0) is 4.74 Å². The molecule has 174 valence electrons. The molecule has 0 bridgehead atoms. The van der Waals surface area contributed by atoms with Gasteiger partial charge in [-0.25, -0.2) is 19.0 Å². The minimum absolute atomic E-state index is 0.0648. The SMILES string of the molecule is CC(C)(C)OC(=O)N[C@H]1CC[C@@H](n2c(=O)c3cc(F)cnc3n(C3CCSC3)c2=O)CC1. The molecule has 1 N–H and O–H groups in total. The molecule has 0 aromatic carbocycles. The van der Waals surface area contributed by atoms with Crippen molar-refractivity contribution in [1.29, 1.82) is 0 Å². The maximum absolute atomic E-state index is 13.9. The number of aromatic nitrogens is 3. The van der Waals surface area contributed by atoms with E-state index >= 15 is 0 Å². The van der Waals surface area contributed by atoms with Crippen LogP contribution in [0.1, 0.15) is 65.0 Å². The highest BCUT2D eigenvalue weighted by Crippen LogP contribution is 2.30. The third kappa shape index (κ3) is 4.69. The predicted octanol–water partition coefficient (Wildman–Crippen LogP) is 3.38. The lowest BCUT2D eigenvalue weighted by atomic mass is 9.91. The molecule has 1 saturated carbocycles. The van der Waals surface area contributed by atoms with E-state index in [0.717, 1.165) is 24.1 Å². The number of hydrogen-bond donors (Lipinski definition) is 1. The van der Waals surface area contributed by atoms with Crippen molar-refractivity contribution in [2.45, 2.75) is 76.6 Å². The number of ether oxygens (including phenoxy) is 1. The Kier molecular flexibility index (Phi) is 6.33. The molecule has 2 aromatic heterocycles. The third-order valence-electron chi connectivity index (χ3n) is 5.98. The number of thioether (sulfide) groups is 1. The second-order valence-corrected chi connectivity index (χ2v) is 10.7. The van der Waals surface area contributed by atoms with Gasteiger partial charge >= 0.3 is 11.8 Å². The van der Waals surface area contributed by atoms with Crippen molar-refractivity contribution in [3.8, 4) is 0 Å². The number of amides is 1. The van der Waals surface area contributed by atoms with E-state index < -0.39 is 23.1 Å². The van der Waals surface area contributed by atoms with Crippen LogP contribution in [0.15, 0.2) is 21.9 Å². The van der Waals surface area contributed by atoms with Crippen LogP contribution in [0.25, 0.3) is 11.0 Å². The molecular weight excluding hydrogens is 435 g/mol. The molecule has 8 nitrogen and oxygen atoms in total. The van der Waals surface area contributed by atoms with Crippen LogP contribution in [-0.4, -0.2) is 43.4 Å². The Labute approximate surface area is 189 Å². The Balaban J connectivity index is 1.62. The molecule has 32 heavy (non-hydrogen) atoms. The van der Waals surface area contributed by atoms with Crippen molar-refractivity contribution in [3.63, 3.8) is 0 Å². The van der Waals surface area contributed by atoms with Gasteiger partial charge in [0, 0.05) is 17.8 Å². The third-order valence-corrected chi connectivity index (χ3v) is 7.12. The van der Waals surface area contributed by atoms with E-state index in [0.29, 0.717) is 25.7 Å². The fraction of sp³-hybridized carbons (Fsp3) is 0.636. The van der Waals surface area contributed by atoms with E-state index in [1.807, 2.05) is 0 Å². The molecule has 10 heteroatoms. The first-order valence-corrected chi connectivity index (χ1v) is 12.2. The molecule has 1 unspecified atom stereocenters. The zero-order valence-electron chi connectivity index (χ0n) is 18.6. The van der Waals surface area contributed by atoms with Gasteiger partial charge in [0.2, 0.25) is 0 Å². The number of carbonyl (C=O) groups excluding carboxylic acids is 1. The summed E-state index contributed by atoms with van der Waals surface area (Å²) in [6.07, 6.45) is 3.75. The number of halogens is 1. The monoisotopic (exact) mass is 464 g/mol. The fourth-order valence-corrected chi connectivity index (χ4v) is 5.73. The summed E-state index contributed by atoms with van der Waals surface area (Å²) in [5, 5.41) is 3.01. The summed E-state index contributed by atoms with van der Waals surface area (Å²) in [6.45, 7) is 5.42. The summed E-state index contributed by atoms with van der Waals surface area (Å²) in [6, 6.07) is 0.726. The maximum Gasteiger partial charge on any atom is 0.407 e. The lowest BCUT2D eigenvalue weighted by Gasteiger charge is -2.31. The second-order valence-electron chi connectivity index (χ2n) is 9.52. The van der Waals surface area contributed by atoms with Crippen LogP contribution in [0, 0.1) is 5.82 Å². The fourth-order valence-electron chi connectivity index (χ4n) is 4.53. The molecule has 4 rings (SSSR count). The van der Waals surface area contributed by atoms with Crippen molar-refractivity contribution in [1.82, 2.24) is 19.4 Å². The van der Waals surface area contributed by atoms with Crippen molar-refractivity contribution in [2.24, 2.45) is 0 Å². The quantitative estimate of drug-likeness (QED) is 0.748. The number of rotatable bonds is 3. The predicted molar refractivity (Wildman–Crippen MR) is 122 cm³/mol. The standard InChI is InChI=1S/C22H29FN4O4S/c1-22(2,3)31-20(29)25-14-4-6-15(7-5-14)27-19(28)17-10-13(23)11-24-18(17)26(21(27)30)16-8-9-32-12-16/h10-11,14-16H,4-9,12H2,1-3H3,(H,25,29)/t14-,15+,16?. The van der Waals surface area contributed by atoms with Crippen LogP contribution in [0.4, 0.5) is 9.18 Å². The Morgan fingerprint density at radius 2 is 1.88 bits per heavy atom. The first-order chi connectivity index (χ1) is 15.1. The molecule has 0 radical (unpaired) electrons. The number of pyridine rings is 1. The average Bonchev–Trinajstić information content (AvgIpc) is 3.23. The Morgan fingerprint density at radius 3 is 2.50 bits per heavy atom. The zero-order chi connectivity index (χ0) is 23.0. The van der Waals surface area contributed by atoms with Gasteiger partial charge in [0.1, 0.15) is 17.1 Å². The minimum Gasteiger partial charge on any atom is -0.444 e.